The van der Waals surface area contributed by atoms with Crippen LogP contribution in [0.3, 0.4) is 0 Å². The topological polar surface area (TPSA) is 107 Å². The fourth-order valence-electron chi connectivity index (χ4n) is 3.15. The molecule has 108 valence electrons. The summed E-state index contributed by atoms with van der Waals surface area (Å²) >= 11 is 0. The summed E-state index contributed by atoms with van der Waals surface area (Å²) < 4.78 is 26.2. The zero-order chi connectivity index (χ0) is 14.5. The van der Waals surface area contributed by atoms with Crippen LogP contribution < -0.4 is 5.73 Å². The maximum absolute atomic E-state index is 12.4. The molecule has 1 aliphatic heterocycles. The van der Waals surface area contributed by atoms with E-state index in [-0.39, 0.29) is 22.0 Å². The molecule has 0 unspecified atom stereocenters. The molecule has 0 bridgehead atoms. The fraction of sp³-hybridized carbons (Fsp3) is 0.500. The van der Waals surface area contributed by atoms with E-state index < -0.39 is 14.9 Å². The van der Waals surface area contributed by atoms with E-state index in [0.29, 0.717) is 13.1 Å². The second-order valence-corrected chi connectivity index (χ2v) is 7.57. The van der Waals surface area contributed by atoms with Gasteiger partial charge < -0.3 is 5.73 Å². The standard InChI is InChI=1S/C12H15N3O4S/c13-9-5-12(6-9)7-14(8-12)20(18,19)11-4-2-1-3-10(11)15(16)17/h1-4,9H,5-8,13H2. The Hall–Kier alpha value is -1.51. The molecule has 1 aromatic carbocycles. The highest BCUT2D eigenvalue weighted by molar-refractivity contribution is 7.89. The molecule has 2 aliphatic rings. The van der Waals surface area contributed by atoms with Crippen molar-refractivity contribution in [2.24, 2.45) is 11.1 Å². The molecule has 1 heterocycles. The molecule has 1 aromatic rings. The molecule has 8 heteroatoms. The maximum atomic E-state index is 12.4. The molecule has 0 atom stereocenters. The van der Waals surface area contributed by atoms with E-state index in [0.717, 1.165) is 12.8 Å². The van der Waals surface area contributed by atoms with Crippen LogP contribution in [0, 0.1) is 15.5 Å². The van der Waals surface area contributed by atoms with Crippen molar-refractivity contribution < 1.29 is 13.3 Å². The van der Waals surface area contributed by atoms with E-state index in [1.165, 1.54) is 28.6 Å². The molecule has 1 saturated carbocycles. The van der Waals surface area contributed by atoms with Crippen molar-refractivity contribution >= 4 is 15.7 Å². The van der Waals surface area contributed by atoms with Gasteiger partial charge in [0.25, 0.3) is 5.69 Å². The first-order chi connectivity index (χ1) is 9.34. The summed E-state index contributed by atoms with van der Waals surface area (Å²) in [4.78, 5) is 10.0. The van der Waals surface area contributed by atoms with Gasteiger partial charge in [0.15, 0.2) is 4.90 Å². The summed E-state index contributed by atoms with van der Waals surface area (Å²) in [5.41, 5.74) is 5.37. The van der Waals surface area contributed by atoms with Crippen molar-refractivity contribution in [2.75, 3.05) is 13.1 Å². The normalized spacial score (nSPS) is 22.2. The second-order valence-electron chi connectivity index (χ2n) is 5.67. The van der Waals surface area contributed by atoms with Crippen LogP contribution >= 0.6 is 0 Å². The SMILES string of the molecule is NC1CC2(C1)CN(S(=O)(=O)c1ccccc1[N+](=O)[O-])C2. The Balaban J connectivity index is 1.85. The van der Waals surface area contributed by atoms with Crippen molar-refractivity contribution in [3.05, 3.63) is 34.4 Å². The largest absolute Gasteiger partial charge is 0.328 e. The average Bonchev–Trinajstić information content (AvgIpc) is 2.31. The Kier molecular flexibility index (Phi) is 2.86. The minimum atomic E-state index is -3.79. The number of benzene rings is 1. The Morgan fingerprint density at radius 2 is 1.90 bits per heavy atom. The van der Waals surface area contributed by atoms with Crippen LogP contribution in [0.25, 0.3) is 0 Å². The number of nitro benzene ring substituents is 1. The van der Waals surface area contributed by atoms with Crippen molar-refractivity contribution in [2.45, 2.75) is 23.8 Å². The molecule has 1 spiro atoms. The van der Waals surface area contributed by atoms with Gasteiger partial charge in [0.2, 0.25) is 10.0 Å². The van der Waals surface area contributed by atoms with Crippen molar-refractivity contribution in [1.82, 2.24) is 4.31 Å². The lowest BCUT2D eigenvalue weighted by Crippen LogP contribution is -2.66. The highest BCUT2D eigenvalue weighted by atomic mass is 32.2. The smallest absolute Gasteiger partial charge is 0.289 e. The van der Waals surface area contributed by atoms with E-state index in [4.69, 9.17) is 5.73 Å². The molecule has 1 saturated heterocycles. The monoisotopic (exact) mass is 297 g/mol. The van der Waals surface area contributed by atoms with Gasteiger partial charge in [0.05, 0.1) is 4.92 Å². The first kappa shape index (κ1) is 13.5. The lowest BCUT2D eigenvalue weighted by Gasteiger charge is -2.57. The van der Waals surface area contributed by atoms with Gasteiger partial charge >= 0.3 is 0 Å². The number of nitrogens with two attached hydrogens (primary N) is 1. The highest BCUT2D eigenvalue weighted by Gasteiger charge is 2.55. The highest BCUT2D eigenvalue weighted by Crippen LogP contribution is 2.49. The molecule has 3 rings (SSSR count). The molecule has 0 radical (unpaired) electrons. The van der Waals surface area contributed by atoms with Crippen molar-refractivity contribution in [3.8, 4) is 0 Å². The van der Waals surface area contributed by atoms with Crippen LogP contribution in [0.2, 0.25) is 0 Å². The molecule has 0 aromatic heterocycles. The summed E-state index contributed by atoms with van der Waals surface area (Å²) in [6.07, 6.45) is 1.66. The number of nitrogens with zero attached hydrogens (tertiary/aromatic N) is 2. The van der Waals surface area contributed by atoms with Gasteiger partial charge in [-0.25, -0.2) is 8.42 Å². The van der Waals surface area contributed by atoms with E-state index >= 15 is 0 Å². The van der Waals surface area contributed by atoms with Crippen molar-refractivity contribution in [3.63, 3.8) is 0 Å². The minimum Gasteiger partial charge on any atom is -0.328 e. The maximum Gasteiger partial charge on any atom is 0.289 e. The van der Waals surface area contributed by atoms with Gasteiger partial charge in [-0.1, -0.05) is 12.1 Å². The third kappa shape index (κ3) is 1.91. The molecular weight excluding hydrogens is 282 g/mol. The predicted octanol–water partition coefficient (Wildman–Crippen LogP) is 0.707. The van der Waals surface area contributed by atoms with Gasteiger partial charge in [-0.05, 0) is 18.9 Å². The third-order valence-corrected chi connectivity index (χ3v) is 5.93. The number of hydrogen-bond donors (Lipinski definition) is 1. The number of hydrogen-bond acceptors (Lipinski definition) is 5. The second kappa shape index (κ2) is 4.24. The predicted molar refractivity (Wildman–Crippen MR) is 71.5 cm³/mol. The number of nitro groups is 1. The van der Waals surface area contributed by atoms with E-state index in [2.05, 4.69) is 0 Å². The lowest BCUT2D eigenvalue weighted by molar-refractivity contribution is -0.387. The van der Waals surface area contributed by atoms with Gasteiger partial charge in [-0.15, -0.1) is 0 Å². The van der Waals surface area contributed by atoms with Crippen LogP contribution in [0.15, 0.2) is 29.2 Å². The number of rotatable bonds is 3. The first-order valence-corrected chi connectivity index (χ1v) is 7.77. The number of para-hydroxylation sites is 1. The van der Waals surface area contributed by atoms with E-state index in [1.54, 1.807) is 0 Å². The molecule has 2 fully saturated rings. The lowest BCUT2D eigenvalue weighted by atomic mass is 9.62. The van der Waals surface area contributed by atoms with Gasteiger partial charge in [-0.3, -0.25) is 10.1 Å². The minimum absolute atomic E-state index is 0.00997. The first-order valence-electron chi connectivity index (χ1n) is 6.33. The summed E-state index contributed by atoms with van der Waals surface area (Å²) in [6.45, 7) is 0.824. The van der Waals surface area contributed by atoms with Crippen LogP contribution in [0.1, 0.15) is 12.8 Å². The Labute approximate surface area is 116 Å². The molecular formula is C12H15N3O4S. The Morgan fingerprint density at radius 1 is 1.30 bits per heavy atom. The van der Waals surface area contributed by atoms with Gasteiger partial charge in [-0.2, -0.15) is 4.31 Å². The third-order valence-electron chi connectivity index (χ3n) is 4.09. The van der Waals surface area contributed by atoms with Crippen molar-refractivity contribution in [1.29, 1.82) is 0 Å². The number of sulfonamides is 1. The quantitative estimate of drug-likeness (QED) is 0.653. The molecule has 2 N–H and O–H groups in total. The van der Waals surface area contributed by atoms with Gasteiger partial charge in [0, 0.05) is 30.6 Å². The van der Waals surface area contributed by atoms with Crippen LogP contribution in [-0.4, -0.2) is 36.8 Å². The molecule has 0 amide bonds. The van der Waals surface area contributed by atoms with Gasteiger partial charge in [0.1, 0.15) is 0 Å². The molecule has 7 nitrogen and oxygen atoms in total. The Morgan fingerprint density at radius 3 is 2.45 bits per heavy atom. The Bertz CT molecular complexity index is 659. The van der Waals surface area contributed by atoms with E-state index in [9.17, 15) is 18.5 Å². The van der Waals surface area contributed by atoms with Crippen LogP contribution in [-0.2, 0) is 10.0 Å². The molecule has 20 heavy (non-hydrogen) atoms. The summed E-state index contributed by atoms with van der Waals surface area (Å²) in [5, 5.41) is 10.9. The average molecular weight is 297 g/mol. The summed E-state index contributed by atoms with van der Waals surface area (Å²) in [6, 6.07) is 5.60. The van der Waals surface area contributed by atoms with Crippen LogP contribution in [0.4, 0.5) is 5.69 Å². The summed E-state index contributed by atoms with van der Waals surface area (Å²) in [7, 11) is -3.79. The van der Waals surface area contributed by atoms with E-state index in [1.807, 2.05) is 0 Å². The zero-order valence-electron chi connectivity index (χ0n) is 10.7. The van der Waals surface area contributed by atoms with Crippen LogP contribution in [0.5, 0.6) is 0 Å². The molecule has 1 aliphatic carbocycles. The fourth-order valence-corrected chi connectivity index (χ4v) is 4.97. The zero-order valence-corrected chi connectivity index (χ0v) is 11.5. The summed E-state index contributed by atoms with van der Waals surface area (Å²) in [5.74, 6) is 0.